The van der Waals surface area contributed by atoms with Gasteiger partial charge in [-0.2, -0.15) is 0 Å². The summed E-state index contributed by atoms with van der Waals surface area (Å²) in [5, 5.41) is 25.2. The number of benzene rings is 2. The molecule has 1 unspecified atom stereocenters. The Kier molecular flexibility index (Phi) is 10.5. The fourth-order valence-electron chi connectivity index (χ4n) is 3.84. The first-order chi connectivity index (χ1) is 18.3. The second kappa shape index (κ2) is 14.0. The molecule has 0 fully saturated rings. The number of nitrogens with two attached hydrogens (primary N) is 1. The quantitative estimate of drug-likeness (QED) is 0.130. The van der Waals surface area contributed by atoms with Crippen LogP contribution in [0.3, 0.4) is 0 Å². The van der Waals surface area contributed by atoms with Gasteiger partial charge in [-0.3, -0.25) is 15.2 Å². The molecule has 0 saturated heterocycles. The van der Waals surface area contributed by atoms with Crippen molar-refractivity contribution in [2.75, 3.05) is 13.1 Å². The smallest absolute Gasteiger partial charge is 0.239 e. The predicted molar refractivity (Wildman–Crippen MR) is 152 cm³/mol. The van der Waals surface area contributed by atoms with Crippen LogP contribution >= 0.6 is 11.6 Å². The normalized spacial score (nSPS) is 12.2. The van der Waals surface area contributed by atoms with Crippen LogP contribution in [-0.2, 0) is 17.8 Å². The van der Waals surface area contributed by atoms with Crippen LogP contribution in [0.4, 0.5) is 0 Å². The lowest BCUT2D eigenvalue weighted by Gasteiger charge is -2.33. The Morgan fingerprint density at radius 1 is 1.08 bits per heavy atom. The summed E-state index contributed by atoms with van der Waals surface area (Å²) in [4.78, 5) is 18.7. The van der Waals surface area contributed by atoms with Crippen LogP contribution < -0.4 is 16.4 Å². The molecule has 1 heterocycles. The Morgan fingerprint density at radius 3 is 2.32 bits per heavy atom. The highest BCUT2D eigenvalue weighted by Gasteiger charge is 2.26. The topological polar surface area (TPSA) is 127 Å². The SMILES string of the molecule is C=C(NCCc1ccccc1)C(O)N(CC(=O)NCc1ccc(C(=N)N)nc1)/C(=C(\C)Cl)c1ccccc1. The number of carbonyl (C=O) groups is 1. The predicted octanol–water partition coefficient (Wildman–Crippen LogP) is 3.58. The molecule has 1 aromatic heterocycles. The summed E-state index contributed by atoms with van der Waals surface area (Å²) in [7, 11) is 0. The van der Waals surface area contributed by atoms with E-state index in [4.69, 9.17) is 22.7 Å². The number of aromatic nitrogens is 1. The molecule has 38 heavy (non-hydrogen) atoms. The molecule has 0 aliphatic heterocycles. The molecular weight excluding hydrogens is 500 g/mol. The van der Waals surface area contributed by atoms with Crippen molar-refractivity contribution in [3.8, 4) is 0 Å². The number of nitrogen functional groups attached to an aromatic ring is 1. The van der Waals surface area contributed by atoms with E-state index in [1.807, 2.05) is 60.7 Å². The fraction of sp³-hybridized carbons (Fsp3) is 0.207. The van der Waals surface area contributed by atoms with Crippen molar-refractivity contribution in [2.24, 2.45) is 5.73 Å². The average Bonchev–Trinajstić information content (AvgIpc) is 2.92. The Bertz CT molecular complexity index is 1260. The van der Waals surface area contributed by atoms with Gasteiger partial charge in [0.05, 0.1) is 17.9 Å². The minimum Gasteiger partial charge on any atom is -0.385 e. The number of rotatable bonds is 13. The second-order valence-electron chi connectivity index (χ2n) is 8.68. The number of hydrogen-bond donors (Lipinski definition) is 5. The van der Waals surface area contributed by atoms with Gasteiger partial charge in [0.15, 0.2) is 6.23 Å². The van der Waals surface area contributed by atoms with Crippen molar-refractivity contribution in [1.29, 1.82) is 5.41 Å². The summed E-state index contributed by atoms with van der Waals surface area (Å²) in [6.07, 6.45) is 1.08. The van der Waals surface area contributed by atoms with Crippen LogP contribution in [0.15, 0.2) is 96.3 Å². The van der Waals surface area contributed by atoms with Crippen molar-refractivity contribution < 1.29 is 9.90 Å². The summed E-state index contributed by atoms with van der Waals surface area (Å²) < 4.78 is 0. The number of hydrogen-bond acceptors (Lipinski definition) is 6. The number of amidine groups is 1. The average molecular weight is 533 g/mol. The second-order valence-corrected chi connectivity index (χ2v) is 9.25. The largest absolute Gasteiger partial charge is 0.385 e. The molecule has 0 spiro atoms. The van der Waals surface area contributed by atoms with Gasteiger partial charge in [0.2, 0.25) is 5.91 Å². The third-order valence-corrected chi connectivity index (χ3v) is 5.96. The maximum absolute atomic E-state index is 13.0. The Morgan fingerprint density at radius 2 is 1.74 bits per heavy atom. The highest BCUT2D eigenvalue weighted by atomic mass is 35.5. The molecule has 2 aromatic carbocycles. The molecule has 0 aliphatic carbocycles. The summed E-state index contributed by atoms with van der Waals surface area (Å²) in [5.41, 5.74) is 9.35. The highest BCUT2D eigenvalue weighted by molar-refractivity contribution is 6.32. The monoisotopic (exact) mass is 532 g/mol. The summed E-state index contributed by atoms with van der Waals surface area (Å²) in [5.74, 6) is -0.456. The molecule has 198 valence electrons. The minimum absolute atomic E-state index is 0.125. The van der Waals surface area contributed by atoms with Crippen molar-refractivity contribution >= 4 is 29.0 Å². The Balaban J connectivity index is 1.73. The number of aliphatic hydroxyl groups is 1. The van der Waals surface area contributed by atoms with Gasteiger partial charge >= 0.3 is 0 Å². The van der Waals surface area contributed by atoms with E-state index in [0.29, 0.717) is 28.7 Å². The first-order valence-electron chi connectivity index (χ1n) is 12.2. The third-order valence-electron chi connectivity index (χ3n) is 5.78. The highest BCUT2D eigenvalue weighted by Crippen LogP contribution is 2.28. The van der Waals surface area contributed by atoms with E-state index >= 15 is 0 Å². The first-order valence-corrected chi connectivity index (χ1v) is 12.5. The van der Waals surface area contributed by atoms with Crippen molar-refractivity contribution in [3.05, 3.63) is 119 Å². The number of aliphatic hydroxyl groups excluding tert-OH is 1. The number of nitrogens with zero attached hydrogens (tertiary/aromatic N) is 2. The van der Waals surface area contributed by atoms with E-state index in [-0.39, 0.29) is 24.8 Å². The van der Waals surface area contributed by atoms with Crippen LogP contribution in [-0.4, -0.2) is 46.1 Å². The van der Waals surface area contributed by atoms with Crippen molar-refractivity contribution in [3.63, 3.8) is 0 Å². The molecule has 0 saturated carbocycles. The van der Waals surface area contributed by atoms with E-state index in [9.17, 15) is 9.90 Å². The van der Waals surface area contributed by atoms with Crippen LogP contribution in [0.1, 0.15) is 29.3 Å². The number of halogens is 1. The zero-order valence-corrected chi connectivity index (χ0v) is 22.1. The maximum atomic E-state index is 13.0. The molecule has 0 radical (unpaired) electrons. The standard InChI is InChI=1S/C29H33ClN6O2/c1-20(30)27(24-11-7-4-8-12-24)36(29(38)21(2)33-16-15-22-9-5-3-6-10-22)19-26(37)35-18-23-13-14-25(28(31)32)34-17-23/h3-14,17,29,33,38H,2,15-16,18-19H2,1H3,(H3,31,32)(H,35,37)/b27-20+. The lowest BCUT2D eigenvalue weighted by atomic mass is 10.1. The molecule has 6 N–H and O–H groups in total. The van der Waals surface area contributed by atoms with Gasteiger partial charge in [-0.25, -0.2) is 0 Å². The summed E-state index contributed by atoms with van der Waals surface area (Å²) in [6.45, 7) is 6.35. The van der Waals surface area contributed by atoms with Crippen LogP contribution in [0, 0.1) is 5.41 Å². The van der Waals surface area contributed by atoms with E-state index in [1.165, 1.54) is 4.90 Å². The molecule has 0 bridgehead atoms. The van der Waals surface area contributed by atoms with Gasteiger partial charge in [-0.15, -0.1) is 0 Å². The van der Waals surface area contributed by atoms with Gasteiger partial charge in [-0.1, -0.05) is 84.9 Å². The van der Waals surface area contributed by atoms with E-state index in [2.05, 4.69) is 22.2 Å². The van der Waals surface area contributed by atoms with Gasteiger partial charge in [0.1, 0.15) is 11.5 Å². The lowest BCUT2D eigenvalue weighted by Crippen LogP contribution is -2.45. The van der Waals surface area contributed by atoms with E-state index in [0.717, 1.165) is 23.1 Å². The summed E-state index contributed by atoms with van der Waals surface area (Å²) in [6, 6.07) is 22.7. The van der Waals surface area contributed by atoms with Gasteiger partial charge in [0.25, 0.3) is 0 Å². The third kappa shape index (κ3) is 8.19. The van der Waals surface area contributed by atoms with Crippen LogP contribution in [0.25, 0.3) is 5.70 Å². The number of carbonyl (C=O) groups excluding carboxylic acids is 1. The Labute approximate surface area is 228 Å². The van der Waals surface area contributed by atoms with Crippen LogP contribution in [0.2, 0.25) is 0 Å². The lowest BCUT2D eigenvalue weighted by molar-refractivity contribution is -0.123. The van der Waals surface area contributed by atoms with Gasteiger partial charge in [0, 0.05) is 24.3 Å². The molecule has 1 atom stereocenters. The van der Waals surface area contributed by atoms with E-state index in [1.54, 1.807) is 25.3 Å². The molecule has 3 aromatic rings. The van der Waals surface area contributed by atoms with E-state index < -0.39 is 6.23 Å². The zero-order valence-electron chi connectivity index (χ0n) is 21.3. The maximum Gasteiger partial charge on any atom is 0.239 e. The number of pyridine rings is 1. The zero-order chi connectivity index (χ0) is 27.5. The van der Waals surface area contributed by atoms with Gasteiger partial charge < -0.3 is 26.4 Å². The van der Waals surface area contributed by atoms with Crippen molar-refractivity contribution in [2.45, 2.75) is 26.1 Å². The number of nitrogens with one attached hydrogen (secondary N) is 3. The molecule has 3 rings (SSSR count). The number of amides is 1. The van der Waals surface area contributed by atoms with Crippen molar-refractivity contribution in [1.82, 2.24) is 20.5 Å². The molecule has 1 amide bonds. The molecule has 8 nitrogen and oxygen atoms in total. The van der Waals surface area contributed by atoms with Gasteiger partial charge in [-0.05, 0) is 36.1 Å². The van der Waals surface area contributed by atoms with Crippen LogP contribution in [0.5, 0.6) is 0 Å². The minimum atomic E-state index is -1.23. The molecule has 9 heteroatoms. The summed E-state index contributed by atoms with van der Waals surface area (Å²) >= 11 is 6.51. The molecule has 0 aliphatic rings. The Hall–Kier alpha value is -4.14. The fourth-order valence-corrected chi connectivity index (χ4v) is 4.06. The first kappa shape index (κ1) is 28.4. The number of allylic oxidation sites excluding steroid dienone is 1. The molecular formula is C29H33ClN6O2.